The summed E-state index contributed by atoms with van der Waals surface area (Å²) in [5.74, 6) is 2.58. The van der Waals surface area contributed by atoms with Crippen molar-refractivity contribution in [3.8, 4) is 12.3 Å². The summed E-state index contributed by atoms with van der Waals surface area (Å²) in [6.07, 6.45) is 7.45. The molecular weight excluding hydrogens is 232 g/mol. The Kier molecular flexibility index (Phi) is 4.48. The van der Waals surface area contributed by atoms with Crippen LogP contribution in [0.15, 0.2) is 6.20 Å². The molecule has 1 heterocycles. The molecule has 0 aliphatic carbocycles. The molecule has 0 spiro atoms. The topological polar surface area (TPSA) is 81.0 Å². The second-order valence-corrected chi connectivity index (χ2v) is 3.20. The molecule has 0 atom stereocenters. The van der Waals surface area contributed by atoms with Crippen molar-refractivity contribution in [1.82, 2.24) is 9.97 Å². The van der Waals surface area contributed by atoms with Crippen LogP contribution in [-0.4, -0.2) is 21.4 Å². The quantitative estimate of drug-likeness (QED) is 0.279. The molecule has 0 saturated carbocycles. The van der Waals surface area contributed by atoms with Crippen molar-refractivity contribution in [2.75, 3.05) is 11.9 Å². The number of halogens is 1. The van der Waals surface area contributed by atoms with E-state index in [4.69, 9.17) is 18.0 Å². The molecule has 84 valence electrons. The molecule has 0 radical (unpaired) electrons. The standard InChI is InChI=1S/C9H9ClN4O2/c1-2-3-4-5-11-8-7(14(15)16)6-12-9(10)13-8/h1,6H,3-5H2,(H,11,12,13). The Hall–Kier alpha value is -1.87. The van der Waals surface area contributed by atoms with Crippen molar-refractivity contribution in [2.45, 2.75) is 12.8 Å². The van der Waals surface area contributed by atoms with Gasteiger partial charge in [-0.05, 0) is 18.0 Å². The zero-order valence-corrected chi connectivity index (χ0v) is 9.07. The van der Waals surface area contributed by atoms with Crippen LogP contribution in [0.2, 0.25) is 5.28 Å². The molecule has 1 aromatic heterocycles. The van der Waals surface area contributed by atoms with E-state index in [-0.39, 0.29) is 16.8 Å². The summed E-state index contributed by atoms with van der Waals surface area (Å²) in [5.41, 5.74) is -0.204. The summed E-state index contributed by atoms with van der Waals surface area (Å²) in [5, 5.41) is 13.4. The lowest BCUT2D eigenvalue weighted by Gasteiger charge is -2.04. The number of nitrogens with zero attached hydrogens (tertiary/aromatic N) is 3. The number of aromatic nitrogens is 2. The third kappa shape index (κ3) is 3.37. The maximum atomic E-state index is 10.6. The first-order chi connectivity index (χ1) is 7.65. The largest absolute Gasteiger partial charge is 0.364 e. The van der Waals surface area contributed by atoms with Crippen molar-refractivity contribution in [2.24, 2.45) is 0 Å². The van der Waals surface area contributed by atoms with Gasteiger partial charge in [0.25, 0.3) is 0 Å². The zero-order valence-electron chi connectivity index (χ0n) is 8.31. The third-order valence-electron chi connectivity index (χ3n) is 1.73. The smallest absolute Gasteiger partial charge is 0.329 e. The Morgan fingerprint density at radius 1 is 1.69 bits per heavy atom. The van der Waals surface area contributed by atoms with Crippen molar-refractivity contribution in [3.05, 3.63) is 21.6 Å². The first-order valence-electron chi connectivity index (χ1n) is 4.49. The third-order valence-corrected chi connectivity index (χ3v) is 1.91. The fourth-order valence-corrected chi connectivity index (χ4v) is 1.15. The second-order valence-electron chi connectivity index (χ2n) is 2.86. The van der Waals surface area contributed by atoms with Gasteiger partial charge in [0.2, 0.25) is 11.1 Å². The van der Waals surface area contributed by atoms with Crippen molar-refractivity contribution < 1.29 is 4.92 Å². The van der Waals surface area contributed by atoms with Crippen LogP contribution in [-0.2, 0) is 0 Å². The van der Waals surface area contributed by atoms with Gasteiger partial charge < -0.3 is 5.32 Å². The lowest BCUT2D eigenvalue weighted by atomic mass is 10.3. The molecule has 0 aromatic carbocycles. The van der Waals surface area contributed by atoms with E-state index in [0.717, 1.165) is 6.20 Å². The molecule has 0 unspecified atom stereocenters. The Bertz CT molecular complexity index is 430. The van der Waals surface area contributed by atoms with E-state index in [1.807, 2.05) is 0 Å². The number of hydrogen-bond donors (Lipinski definition) is 1. The minimum Gasteiger partial charge on any atom is -0.364 e. The Labute approximate surface area is 97.2 Å². The monoisotopic (exact) mass is 240 g/mol. The first kappa shape index (κ1) is 12.2. The maximum absolute atomic E-state index is 10.6. The number of nitrogens with one attached hydrogen (secondary N) is 1. The van der Waals surface area contributed by atoms with Crippen molar-refractivity contribution in [3.63, 3.8) is 0 Å². The van der Waals surface area contributed by atoms with E-state index < -0.39 is 4.92 Å². The average Bonchev–Trinajstić information content (AvgIpc) is 2.24. The summed E-state index contributed by atoms with van der Waals surface area (Å²) in [6, 6.07) is 0. The number of terminal acetylenes is 1. The van der Waals surface area contributed by atoms with Crippen LogP contribution >= 0.6 is 11.6 Å². The van der Waals surface area contributed by atoms with E-state index >= 15 is 0 Å². The molecule has 0 amide bonds. The Morgan fingerprint density at radius 3 is 3.06 bits per heavy atom. The molecule has 0 aliphatic rings. The fourth-order valence-electron chi connectivity index (χ4n) is 1.01. The minimum absolute atomic E-state index is 0.0370. The Balaban J connectivity index is 2.73. The van der Waals surface area contributed by atoms with Gasteiger partial charge in [-0.15, -0.1) is 12.3 Å². The van der Waals surface area contributed by atoms with Crippen LogP contribution in [0.25, 0.3) is 0 Å². The van der Waals surface area contributed by atoms with Gasteiger partial charge in [-0.2, -0.15) is 4.98 Å². The SMILES string of the molecule is C#CCCCNc1nc(Cl)ncc1[N+](=O)[O-]. The van der Waals surface area contributed by atoms with E-state index in [1.54, 1.807) is 0 Å². The average molecular weight is 241 g/mol. The number of hydrogen-bond acceptors (Lipinski definition) is 5. The lowest BCUT2D eigenvalue weighted by Crippen LogP contribution is -2.06. The number of rotatable bonds is 5. The molecule has 6 nitrogen and oxygen atoms in total. The lowest BCUT2D eigenvalue weighted by molar-refractivity contribution is -0.384. The van der Waals surface area contributed by atoms with E-state index in [0.29, 0.717) is 19.4 Å². The highest BCUT2D eigenvalue weighted by atomic mass is 35.5. The van der Waals surface area contributed by atoms with Gasteiger partial charge >= 0.3 is 5.69 Å². The predicted octanol–water partition coefficient (Wildman–Crippen LogP) is 1.86. The molecule has 0 fully saturated rings. The summed E-state index contributed by atoms with van der Waals surface area (Å²) < 4.78 is 0. The molecule has 0 saturated heterocycles. The van der Waals surface area contributed by atoms with Gasteiger partial charge in [-0.3, -0.25) is 10.1 Å². The molecule has 1 N–H and O–H groups in total. The minimum atomic E-state index is -0.570. The fraction of sp³-hybridized carbons (Fsp3) is 0.333. The predicted molar refractivity (Wildman–Crippen MR) is 60.3 cm³/mol. The van der Waals surface area contributed by atoms with Crippen LogP contribution in [0.1, 0.15) is 12.8 Å². The molecule has 1 aromatic rings. The zero-order chi connectivity index (χ0) is 12.0. The van der Waals surface area contributed by atoms with E-state index in [2.05, 4.69) is 21.2 Å². The van der Waals surface area contributed by atoms with Crippen LogP contribution in [0, 0.1) is 22.5 Å². The molecule has 0 bridgehead atoms. The van der Waals surface area contributed by atoms with E-state index in [1.165, 1.54) is 0 Å². The van der Waals surface area contributed by atoms with Gasteiger partial charge in [-0.25, -0.2) is 4.98 Å². The summed E-state index contributed by atoms with van der Waals surface area (Å²) in [7, 11) is 0. The van der Waals surface area contributed by atoms with Gasteiger partial charge in [0.15, 0.2) is 0 Å². The second kappa shape index (κ2) is 5.88. The summed E-state index contributed by atoms with van der Waals surface area (Å²) >= 11 is 5.54. The van der Waals surface area contributed by atoms with Gasteiger partial charge in [0, 0.05) is 13.0 Å². The van der Waals surface area contributed by atoms with Gasteiger partial charge in [0.1, 0.15) is 6.20 Å². The van der Waals surface area contributed by atoms with Crippen LogP contribution in [0.3, 0.4) is 0 Å². The first-order valence-corrected chi connectivity index (χ1v) is 4.87. The molecule has 1 rings (SSSR count). The number of anilines is 1. The molecule has 7 heteroatoms. The molecule has 16 heavy (non-hydrogen) atoms. The van der Waals surface area contributed by atoms with Gasteiger partial charge in [-0.1, -0.05) is 0 Å². The molecule has 0 aliphatic heterocycles. The van der Waals surface area contributed by atoms with Crippen LogP contribution in [0.4, 0.5) is 11.5 Å². The summed E-state index contributed by atoms with van der Waals surface area (Å²) in [4.78, 5) is 17.4. The van der Waals surface area contributed by atoms with Crippen molar-refractivity contribution in [1.29, 1.82) is 0 Å². The number of nitro groups is 1. The highest BCUT2D eigenvalue weighted by molar-refractivity contribution is 6.28. The highest BCUT2D eigenvalue weighted by Gasteiger charge is 2.15. The van der Waals surface area contributed by atoms with E-state index in [9.17, 15) is 10.1 Å². The maximum Gasteiger partial charge on any atom is 0.329 e. The Morgan fingerprint density at radius 2 is 2.44 bits per heavy atom. The molecular formula is C9H9ClN4O2. The van der Waals surface area contributed by atoms with Crippen molar-refractivity contribution >= 4 is 23.1 Å². The van der Waals surface area contributed by atoms with Gasteiger partial charge in [0.05, 0.1) is 4.92 Å². The summed E-state index contributed by atoms with van der Waals surface area (Å²) in [6.45, 7) is 0.498. The number of unbranched alkanes of at least 4 members (excludes halogenated alkanes) is 1. The highest BCUT2D eigenvalue weighted by Crippen LogP contribution is 2.21. The normalized spacial score (nSPS) is 9.50. The van der Waals surface area contributed by atoms with Crippen LogP contribution in [0.5, 0.6) is 0 Å². The van der Waals surface area contributed by atoms with Crippen LogP contribution < -0.4 is 5.32 Å².